The Hall–Kier alpha value is -0.660. The van der Waals surface area contributed by atoms with Crippen LogP contribution in [0.3, 0.4) is 0 Å². The number of thioether (sulfide) groups is 1. The third-order valence-corrected chi connectivity index (χ3v) is 3.10. The molecule has 1 aromatic rings. The molecule has 72 valence electrons. The van der Waals surface area contributed by atoms with Gasteiger partial charge in [-0.3, -0.25) is 4.98 Å². The summed E-state index contributed by atoms with van der Waals surface area (Å²) in [5.41, 5.74) is 0. The highest BCUT2D eigenvalue weighted by Gasteiger charge is 2.02. The van der Waals surface area contributed by atoms with Crippen molar-refractivity contribution in [2.75, 3.05) is 11.5 Å². The molecular formula is C6H9N3O2S2. The Balaban J connectivity index is 2.37. The van der Waals surface area contributed by atoms with Crippen molar-refractivity contribution in [3.8, 4) is 0 Å². The molecule has 0 aliphatic carbocycles. The molecule has 0 aliphatic rings. The molecule has 0 fully saturated rings. The molecule has 0 saturated carbocycles. The van der Waals surface area contributed by atoms with Crippen LogP contribution in [0.4, 0.5) is 0 Å². The average molecular weight is 219 g/mol. The van der Waals surface area contributed by atoms with E-state index in [2.05, 4.69) is 9.97 Å². The van der Waals surface area contributed by atoms with Crippen LogP contribution in [0.5, 0.6) is 0 Å². The van der Waals surface area contributed by atoms with Gasteiger partial charge in [0, 0.05) is 18.1 Å². The fourth-order valence-electron chi connectivity index (χ4n) is 0.622. The summed E-state index contributed by atoms with van der Waals surface area (Å²) in [6.45, 7) is 0. The van der Waals surface area contributed by atoms with Crippen molar-refractivity contribution in [3.05, 3.63) is 18.6 Å². The minimum atomic E-state index is -3.36. The smallest absolute Gasteiger partial charge is 0.209 e. The maximum Gasteiger partial charge on any atom is 0.209 e. The molecule has 0 aromatic carbocycles. The van der Waals surface area contributed by atoms with Crippen LogP contribution in [0.25, 0.3) is 0 Å². The largest absolute Gasteiger partial charge is 0.260 e. The van der Waals surface area contributed by atoms with Crippen molar-refractivity contribution >= 4 is 21.8 Å². The van der Waals surface area contributed by atoms with Crippen molar-refractivity contribution in [1.82, 2.24) is 9.97 Å². The monoisotopic (exact) mass is 219 g/mol. The van der Waals surface area contributed by atoms with Gasteiger partial charge in [-0.15, -0.1) is 11.8 Å². The van der Waals surface area contributed by atoms with Crippen LogP contribution >= 0.6 is 11.8 Å². The van der Waals surface area contributed by atoms with Crippen LogP contribution in [0.15, 0.2) is 23.6 Å². The van der Waals surface area contributed by atoms with E-state index >= 15 is 0 Å². The average Bonchev–Trinajstić information content (AvgIpc) is 2.04. The zero-order valence-corrected chi connectivity index (χ0v) is 8.38. The zero-order valence-electron chi connectivity index (χ0n) is 6.75. The normalized spacial score (nSPS) is 11.5. The molecule has 7 heteroatoms. The molecule has 1 heterocycles. The second-order valence-electron chi connectivity index (χ2n) is 2.26. The van der Waals surface area contributed by atoms with E-state index in [4.69, 9.17) is 5.14 Å². The third kappa shape index (κ3) is 4.81. The van der Waals surface area contributed by atoms with Crippen LogP contribution in [0, 0.1) is 0 Å². The number of nitrogens with two attached hydrogens (primary N) is 1. The molecule has 0 aliphatic heterocycles. The van der Waals surface area contributed by atoms with Gasteiger partial charge in [-0.1, -0.05) is 0 Å². The minimum Gasteiger partial charge on any atom is -0.260 e. The van der Waals surface area contributed by atoms with E-state index in [-0.39, 0.29) is 5.75 Å². The molecule has 0 bridgehead atoms. The SMILES string of the molecule is NS(=O)(=O)CCSc1cnccn1. The minimum absolute atomic E-state index is 0.0474. The highest BCUT2D eigenvalue weighted by atomic mass is 32.2. The lowest BCUT2D eigenvalue weighted by Gasteiger charge is -1.97. The molecule has 0 saturated heterocycles. The molecule has 0 spiro atoms. The van der Waals surface area contributed by atoms with E-state index in [1.807, 2.05) is 0 Å². The number of rotatable bonds is 4. The van der Waals surface area contributed by atoms with Gasteiger partial charge in [0.2, 0.25) is 10.0 Å². The van der Waals surface area contributed by atoms with Gasteiger partial charge < -0.3 is 0 Å². The predicted octanol–water partition coefficient (Wildman–Crippen LogP) is -0.143. The zero-order chi connectivity index (χ0) is 9.73. The molecule has 2 N–H and O–H groups in total. The van der Waals surface area contributed by atoms with E-state index in [0.29, 0.717) is 10.8 Å². The Morgan fingerprint density at radius 1 is 1.46 bits per heavy atom. The van der Waals surface area contributed by atoms with Gasteiger partial charge in [0.15, 0.2) is 0 Å². The van der Waals surface area contributed by atoms with Crippen molar-refractivity contribution in [1.29, 1.82) is 0 Å². The molecule has 1 aromatic heterocycles. The van der Waals surface area contributed by atoms with E-state index in [1.54, 1.807) is 18.6 Å². The summed E-state index contributed by atoms with van der Waals surface area (Å²) >= 11 is 1.31. The van der Waals surface area contributed by atoms with Gasteiger partial charge in [0.05, 0.1) is 11.9 Å². The molecule has 1 rings (SSSR count). The van der Waals surface area contributed by atoms with Crippen LogP contribution in [0.2, 0.25) is 0 Å². The molecule has 0 radical (unpaired) electrons. The van der Waals surface area contributed by atoms with Crippen LogP contribution in [-0.4, -0.2) is 29.9 Å². The van der Waals surface area contributed by atoms with Crippen LogP contribution in [-0.2, 0) is 10.0 Å². The van der Waals surface area contributed by atoms with Gasteiger partial charge in [0.25, 0.3) is 0 Å². The number of primary sulfonamides is 1. The summed E-state index contributed by atoms with van der Waals surface area (Å²) < 4.78 is 21.1. The number of hydrogen-bond acceptors (Lipinski definition) is 5. The molecule has 13 heavy (non-hydrogen) atoms. The third-order valence-electron chi connectivity index (χ3n) is 1.16. The summed E-state index contributed by atoms with van der Waals surface area (Å²) in [7, 11) is -3.36. The summed E-state index contributed by atoms with van der Waals surface area (Å²) in [5, 5.41) is 5.52. The molecular weight excluding hydrogens is 210 g/mol. The van der Waals surface area contributed by atoms with Gasteiger partial charge in [0.1, 0.15) is 5.03 Å². The standard InChI is InChI=1S/C6H9N3O2S2/c7-13(10,11)4-3-12-6-5-8-1-2-9-6/h1-2,5H,3-4H2,(H2,7,10,11). The first-order chi connectivity index (χ1) is 6.08. The highest BCUT2D eigenvalue weighted by molar-refractivity contribution is 8.00. The van der Waals surface area contributed by atoms with Crippen molar-refractivity contribution < 1.29 is 8.42 Å². The number of nitrogens with zero attached hydrogens (tertiary/aromatic N) is 2. The predicted molar refractivity (Wildman–Crippen MR) is 50.7 cm³/mol. The van der Waals surface area contributed by atoms with Crippen LogP contribution in [0.1, 0.15) is 0 Å². The lowest BCUT2D eigenvalue weighted by atomic mass is 10.8. The maximum atomic E-state index is 10.5. The van der Waals surface area contributed by atoms with Gasteiger partial charge in [-0.2, -0.15) is 0 Å². The quantitative estimate of drug-likeness (QED) is 0.712. The summed E-state index contributed by atoms with van der Waals surface area (Å²) in [6, 6.07) is 0. The van der Waals surface area contributed by atoms with Gasteiger partial charge in [-0.05, 0) is 0 Å². The lowest BCUT2D eigenvalue weighted by molar-refractivity contribution is 0.599. The Bertz CT molecular complexity index is 351. The topological polar surface area (TPSA) is 85.9 Å². The fraction of sp³-hybridized carbons (Fsp3) is 0.333. The molecule has 0 unspecified atom stereocenters. The van der Waals surface area contributed by atoms with Gasteiger partial charge in [-0.25, -0.2) is 18.5 Å². The van der Waals surface area contributed by atoms with E-state index < -0.39 is 10.0 Å². The first-order valence-corrected chi connectivity index (χ1v) is 6.17. The summed E-state index contributed by atoms with van der Waals surface area (Å²) in [6.07, 6.45) is 4.69. The Labute approximate surface area is 80.8 Å². The van der Waals surface area contributed by atoms with Crippen molar-refractivity contribution in [2.45, 2.75) is 5.03 Å². The fourth-order valence-corrected chi connectivity index (χ4v) is 2.36. The van der Waals surface area contributed by atoms with Crippen LogP contribution < -0.4 is 5.14 Å². The first-order valence-electron chi connectivity index (χ1n) is 3.47. The number of sulfonamides is 1. The Kier molecular flexibility index (Phi) is 3.64. The maximum absolute atomic E-state index is 10.5. The van der Waals surface area contributed by atoms with E-state index in [1.165, 1.54) is 11.8 Å². The Morgan fingerprint density at radius 3 is 2.77 bits per heavy atom. The molecule has 0 amide bonds. The highest BCUT2D eigenvalue weighted by Crippen LogP contribution is 2.12. The lowest BCUT2D eigenvalue weighted by Crippen LogP contribution is -2.17. The molecule has 5 nitrogen and oxygen atoms in total. The summed E-state index contributed by atoms with van der Waals surface area (Å²) in [4.78, 5) is 7.80. The van der Waals surface area contributed by atoms with E-state index in [9.17, 15) is 8.42 Å². The number of hydrogen-bond donors (Lipinski definition) is 1. The van der Waals surface area contributed by atoms with Crippen molar-refractivity contribution in [2.24, 2.45) is 5.14 Å². The van der Waals surface area contributed by atoms with Gasteiger partial charge >= 0.3 is 0 Å². The summed E-state index contributed by atoms with van der Waals surface area (Å²) in [5.74, 6) is 0.353. The second kappa shape index (κ2) is 4.54. The first kappa shape index (κ1) is 10.4. The van der Waals surface area contributed by atoms with E-state index in [0.717, 1.165) is 0 Å². The second-order valence-corrected chi connectivity index (χ2v) is 5.11. The number of aromatic nitrogens is 2. The molecule has 0 atom stereocenters. The Morgan fingerprint density at radius 2 is 2.23 bits per heavy atom. The van der Waals surface area contributed by atoms with Crippen molar-refractivity contribution in [3.63, 3.8) is 0 Å².